The molecule has 0 bridgehead atoms. The van der Waals surface area contributed by atoms with Crippen LogP contribution in [-0.4, -0.2) is 15.3 Å². The molecule has 0 unspecified atom stereocenters. The number of Topliss-reactive ketones (excluding diaryl/α,β-unsaturated/α-hetero) is 1. The number of H-pyrrole nitrogens is 1. The molecule has 0 spiro atoms. The third-order valence-electron chi connectivity index (χ3n) is 2.38. The van der Waals surface area contributed by atoms with Crippen molar-refractivity contribution in [2.45, 2.75) is 6.92 Å². The number of carbonyl (C=O) groups excluding carboxylic acids is 1. The second kappa shape index (κ2) is 4.21. The Bertz CT molecular complexity index is 665. The first kappa shape index (κ1) is 11.1. The molecule has 1 aromatic heterocycles. The van der Waals surface area contributed by atoms with Crippen molar-refractivity contribution in [3.05, 3.63) is 62.9 Å². The first-order chi connectivity index (χ1) is 8.08. The number of benzene rings is 1. The van der Waals surface area contributed by atoms with Crippen molar-refractivity contribution in [2.24, 2.45) is 0 Å². The number of hydrogen-bond acceptors (Lipinski definition) is 3. The molecule has 2 rings (SSSR count). The summed E-state index contributed by atoms with van der Waals surface area (Å²) in [5.41, 5.74) is 0.224. The summed E-state index contributed by atoms with van der Waals surface area (Å²) in [5.74, 6) is -0.0367. The Balaban J connectivity index is 2.50. The maximum Gasteiger partial charge on any atom is 0.332 e. The predicted octanol–water partition coefficient (Wildman–Crippen LogP) is 0.728. The summed E-state index contributed by atoms with van der Waals surface area (Å²) in [6.45, 7) is 1.47. The van der Waals surface area contributed by atoms with Gasteiger partial charge in [0.1, 0.15) is 0 Å². The maximum absolute atomic E-state index is 11.5. The van der Waals surface area contributed by atoms with E-state index in [2.05, 4.69) is 4.98 Å². The first-order valence-corrected chi connectivity index (χ1v) is 5.01. The van der Waals surface area contributed by atoms with E-state index in [1.54, 1.807) is 24.3 Å². The van der Waals surface area contributed by atoms with Crippen molar-refractivity contribution < 1.29 is 4.79 Å². The number of nitrogens with one attached hydrogen (secondary N) is 1. The Morgan fingerprint density at radius 2 is 1.76 bits per heavy atom. The Kier molecular flexibility index (Phi) is 2.74. The van der Waals surface area contributed by atoms with E-state index in [1.165, 1.54) is 23.8 Å². The molecule has 86 valence electrons. The lowest BCUT2D eigenvalue weighted by molar-refractivity contribution is 0.101. The lowest BCUT2D eigenvalue weighted by Gasteiger charge is -2.04. The van der Waals surface area contributed by atoms with Crippen LogP contribution in [0.15, 0.2) is 46.1 Å². The van der Waals surface area contributed by atoms with E-state index in [-0.39, 0.29) is 5.78 Å². The highest BCUT2D eigenvalue weighted by molar-refractivity contribution is 5.94. The smallest absolute Gasteiger partial charge is 0.295 e. The average Bonchev–Trinajstić information content (AvgIpc) is 2.29. The zero-order valence-corrected chi connectivity index (χ0v) is 9.14. The lowest BCUT2D eigenvalue weighted by Crippen LogP contribution is -2.27. The molecule has 0 atom stereocenters. The minimum Gasteiger partial charge on any atom is -0.295 e. The van der Waals surface area contributed by atoms with Gasteiger partial charge < -0.3 is 0 Å². The molecular weight excluding hydrogens is 220 g/mol. The van der Waals surface area contributed by atoms with Gasteiger partial charge in [-0.05, 0) is 31.2 Å². The average molecular weight is 230 g/mol. The lowest BCUT2D eigenvalue weighted by atomic mass is 10.1. The zero-order valence-electron chi connectivity index (χ0n) is 9.14. The fourth-order valence-corrected chi connectivity index (χ4v) is 1.48. The molecule has 1 heterocycles. The molecule has 0 amide bonds. The number of aromatic nitrogens is 2. The van der Waals surface area contributed by atoms with Crippen LogP contribution in [0, 0.1) is 0 Å². The Morgan fingerprint density at radius 3 is 2.29 bits per heavy atom. The maximum atomic E-state index is 11.5. The van der Waals surface area contributed by atoms with Crippen LogP contribution in [0.5, 0.6) is 0 Å². The Labute approximate surface area is 96.4 Å². The molecule has 1 N–H and O–H groups in total. The largest absolute Gasteiger partial charge is 0.332 e. The number of carbonyl (C=O) groups is 1. The molecule has 17 heavy (non-hydrogen) atoms. The summed E-state index contributed by atoms with van der Waals surface area (Å²) in [6.07, 6.45) is 1.39. The van der Waals surface area contributed by atoms with Gasteiger partial charge in [-0.15, -0.1) is 0 Å². The van der Waals surface area contributed by atoms with Gasteiger partial charge in [-0.1, -0.05) is 0 Å². The minimum absolute atomic E-state index is 0.0367. The van der Waals surface area contributed by atoms with Gasteiger partial charge in [0.2, 0.25) is 0 Å². The highest BCUT2D eigenvalue weighted by atomic mass is 16.2. The molecule has 0 aliphatic rings. The molecule has 1 aromatic carbocycles. The van der Waals surface area contributed by atoms with Gasteiger partial charge in [-0.25, -0.2) is 4.79 Å². The van der Waals surface area contributed by atoms with Gasteiger partial charge in [-0.2, -0.15) is 0 Å². The summed E-state index contributed by atoms with van der Waals surface area (Å²) < 4.78 is 1.30. The fourth-order valence-electron chi connectivity index (χ4n) is 1.48. The Hall–Kier alpha value is -2.43. The monoisotopic (exact) mass is 230 g/mol. The molecule has 0 radical (unpaired) electrons. The van der Waals surface area contributed by atoms with Crippen molar-refractivity contribution in [1.82, 2.24) is 9.55 Å². The van der Waals surface area contributed by atoms with Crippen LogP contribution in [0.2, 0.25) is 0 Å². The molecule has 0 fully saturated rings. The molecular formula is C12H10N2O3. The predicted molar refractivity (Wildman–Crippen MR) is 62.7 cm³/mol. The summed E-state index contributed by atoms with van der Waals surface area (Å²) in [4.78, 5) is 35.7. The van der Waals surface area contributed by atoms with Crippen molar-refractivity contribution in [2.75, 3.05) is 0 Å². The molecule has 5 nitrogen and oxygen atoms in total. The van der Waals surface area contributed by atoms with E-state index in [4.69, 9.17) is 0 Å². The third-order valence-corrected chi connectivity index (χ3v) is 2.38. The van der Waals surface area contributed by atoms with E-state index in [0.29, 0.717) is 11.3 Å². The quantitative estimate of drug-likeness (QED) is 0.773. The first-order valence-electron chi connectivity index (χ1n) is 5.01. The molecule has 0 saturated carbocycles. The van der Waals surface area contributed by atoms with Crippen molar-refractivity contribution >= 4 is 5.78 Å². The zero-order chi connectivity index (χ0) is 12.4. The van der Waals surface area contributed by atoms with Crippen LogP contribution in [-0.2, 0) is 0 Å². The molecule has 0 aliphatic heterocycles. The topological polar surface area (TPSA) is 71.9 Å². The van der Waals surface area contributed by atoms with Gasteiger partial charge in [0.15, 0.2) is 5.78 Å². The summed E-state index contributed by atoms with van der Waals surface area (Å²) in [6, 6.07) is 7.83. The van der Waals surface area contributed by atoms with Crippen molar-refractivity contribution in [1.29, 1.82) is 0 Å². The van der Waals surface area contributed by atoms with Gasteiger partial charge in [0.25, 0.3) is 5.56 Å². The van der Waals surface area contributed by atoms with E-state index in [1.807, 2.05) is 0 Å². The second-order valence-electron chi connectivity index (χ2n) is 3.58. The van der Waals surface area contributed by atoms with Crippen molar-refractivity contribution in [3.8, 4) is 5.69 Å². The van der Waals surface area contributed by atoms with E-state index in [0.717, 1.165) is 0 Å². The van der Waals surface area contributed by atoms with Crippen LogP contribution >= 0.6 is 0 Å². The van der Waals surface area contributed by atoms with Crippen LogP contribution in [0.1, 0.15) is 17.3 Å². The second-order valence-corrected chi connectivity index (χ2v) is 3.58. The minimum atomic E-state index is -0.506. The standard InChI is InChI=1S/C12H10N2O3/c1-8(15)9-2-4-10(5-3-9)14-7-6-11(16)13-12(14)17/h2-7H,1H3,(H,13,16,17). The van der Waals surface area contributed by atoms with Gasteiger partial charge in [-0.3, -0.25) is 19.1 Å². The van der Waals surface area contributed by atoms with E-state index < -0.39 is 11.2 Å². The number of nitrogens with zero attached hydrogens (tertiary/aromatic N) is 1. The van der Waals surface area contributed by atoms with Crippen LogP contribution < -0.4 is 11.2 Å². The molecule has 0 saturated heterocycles. The summed E-state index contributed by atoms with van der Waals surface area (Å²) in [5, 5.41) is 0. The SMILES string of the molecule is CC(=O)c1ccc(-n2ccc(=O)[nH]c2=O)cc1. The van der Waals surface area contributed by atoms with Crippen LogP contribution in [0.4, 0.5) is 0 Å². The Morgan fingerprint density at radius 1 is 1.12 bits per heavy atom. The molecule has 0 aliphatic carbocycles. The van der Waals surface area contributed by atoms with Crippen LogP contribution in [0.25, 0.3) is 5.69 Å². The highest BCUT2D eigenvalue weighted by Gasteiger charge is 2.02. The number of rotatable bonds is 2. The molecule has 2 aromatic rings. The van der Waals surface area contributed by atoms with Gasteiger partial charge >= 0.3 is 5.69 Å². The number of ketones is 1. The van der Waals surface area contributed by atoms with E-state index in [9.17, 15) is 14.4 Å². The third kappa shape index (κ3) is 2.23. The van der Waals surface area contributed by atoms with Gasteiger partial charge in [0, 0.05) is 17.8 Å². The van der Waals surface area contributed by atoms with Crippen LogP contribution in [0.3, 0.4) is 0 Å². The highest BCUT2D eigenvalue weighted by Crippen LogP contribution is 2.07. The van der Waals surface area contributed by atoms with E-state index >= 15 is 0 Å². The fraction of sp³-hybridized carbons (Fsp3) is 0.0833. The normalized spacial score (nSPS) is 10.2. The number of aromatic amines is 1. The van der Waals surface area contributed by atoms with Gasteiger partial charge in [0.05, 0.1) is 5.69 Å². The number of hydrogen-bond donors (Lipinski definition) is 1. The summed E-state index contributed by atoms with van der Waals surface area (Å²) in [7, 11) is 0. The molecule has 5 heteroatoms. The van der Waals surface area contributed by atoms with Crippen molar-refractivity contribution in [3.63, 3.8) is 0 Å². The summed E-state index contributed by atoms with van der Waals surface area (Å²) >= 11 is 0.